The van der Waals surface area contributed by atoms with Gasteiger partial charge in [-0.05, 0) is 25.7 Å². The Morgan fingerprint density at radius 2 is 1.29 bits per heavy atom. The fraction of sp³-hybridized carbons (Fsp3) is 0.917. The van der Waals surface area contributed by atoms with Gasteiger partial charge in [-0.15, -0.1) is 0 Å². The van der Waals surface area contributed by atoms with Gasteiger partial charge in [0.15, 0.2) is 0 Å². The van der Waals surface area contributed by atoms with Crippen LogP contribution < -0.4 is 0 Å². The molecule has 2 N–H and O–H groups in total. The summed E-state index contributed by atoms with van der Waals surface area (Å²) < 4.78 is 63.1. The molecule has 2 atom stereocenters. The molecule has 0 aliphatic carbocycles. The Labute approximate surface area is 150 Å². The molecule has 2 unspecified atom stereocenters. The Morgan fingerprint density at radius 1 is 0.857 bits per heavy atom. The van der Waals surface area contributed by atoms with E-state index >= 15 is 0 Å². The molecule has 21 heavy (non-hydrogen) atoms. The van der Waals surface area contributed by atoms with Crippen molar-refractivity contribution < 1.29 is 25.9 Å². The molecular formula is C12H26NaO6S2. The second-order valence-corrected chi connectivity index (χ2v) is 8.38. The Morgan fingerprint density at radius 3 is 1.62 bits per heavy atom. The predicted molar refractivity (Wildman–Crippen MR) is 85.8 cm³/mol. The number of hydrogen-bond donors (Lipinski definition) is 2. The van der Waals surface area contributed by atoms with Crippen LogP contribution in [-0.2, 0) is 20.2 Å². The number of rotatable bonds is 11. The zero-order chi connectivity index (χ0) is 15.8. The van der Waals surface area contributed by atoms with Crippen LogP contribution in [0.15, 0.2) is 0 Å². The first-order valence-corrected chi connectivity index (χ1v) is 9.85. The van der Waals surface area contributed by atoms with E-state index in [1.165, 1.54) is 0 Å². The van der Waals surface area contributed by atoms with Crippen molar-refractivity contribution in [2.45, 2.75) is 68.8 Å². The van der Waals surface area contributed by atoms with E-state index in [0.29, 0.717) is 19.3 Å². The van der Waals surface area contributed by atoms with Gasteiger partial charge in [0.1, 0.15) is 0 Å². The quantitative estimate of drug-likeness (QED) is 0.333. The summed E-state index contributed by atoms with van der Waals surface area (Å²) in [6.45, 7) is 5.51. The van der Waals surface area contributed by atoms with Crippen LogP contribution in [0.1, 0.15) is 58.3 Å². The monoisotopic (exact) mass is 353 g/mol. The maximum atomic E-state index is 11.3. The van der Waals surface area contributed by atoms with Gasteiger partial charge in [-0.25, -0.2) is 0 Å². The molecule has 1 radical (unpaired) electrons. The predicted octanol–water partition coefficient (Wildman–Crippen LogP) is 1.83. The summed E-state index contributed by atoms with van der Waals surface area (Å²) in [5.74, 6) is 0. The molecule has 0 aliphatic heterocycles. The van der Waals surface area contributed by atoms with E-state index in [1.54, 1.807) is 0 Å². The first kappa shape index (κ1) is 24.1. The van der Waals surface area contributed by atoms with Crippen molar-refractivity contribution in [2.24, 2.45) is 0 Å². The van der Waals surface area contributed by atoms with Crippen molar-refractivity contribution in [1.82, 2.24) is 0 Å². The molecule has 0 fully saturated rings. The minimum atomic E-state index is -4.21. The summed E-state index contributed by atoms with van der Waals surface area (Å²) in [6, 6.07) is 0. The summed E-state index contributed by atoms with van der Waals surface area (Å²) in [5, 5.41) is -1.99. The molecule has 0 spiro atoms. The summed E-state index contributed by atoms with van der Waals surface area (Å²) in [5.41, 5.74) is 0. The Kier molecular flexibility index (Phi) is 13.0. The third-order valence-electron chi connectivity index (χ3n) is 3.31. The molecule has 0 saturated heterocycles. The number of hydrogen-bond acceptors (Lipinski definition) is 4. The van der Waals surface area contributed by atoms with Crippen molar-refractivity contribution >= 4 is 49.8 Å². The topological polar surface area (TPSA) is 109 Å². The average Bonchev–Trinajstić information content (AvgIpc) is 2.29. The molecule has 0 saturated carbocycles. The molecule has 9 heteroatoms. The van der Waals surface area contributed by atoms with Gasteiger partial charge in [0, 0.05) is 0 Å². The van der Waals surface area contributed by atoms with Gasteiger partial charge in [0.05, 0.1) is 10.5 Å². The SMILES string of the molecule is [CH2]CCC(CCC(CCCCC)S(=O)(=O)O)S(=O)(=O)O.[NaH]. The Hall–Kier alpha value is 0.820. The fourth-order valence-corrected chi connectivity index (χ4v) is 3.90. The molecule has 123 valence electrons. The summed E-state index contributed by atoms with van der Waals surface area (Å²) in [6.07, 6.45) is 3.27. The van der Waals surface area contributed by atoms with Crippen molar-refractivity contribution in [3.05, 3.63) is 6.92 Å². The van der Waals surface area contributed by atoms with Gasteiger partial charge in [-0.1, -0.05) is 39.5 Å². The van der Waals surface area contributed by atoms with E-state index in [0.717, 1.165) is 12.8 Å². The van der Waals surface area contributed by atoms with Crippen LogP contribution in [0.3, 0.4) is 0 Å². The molecule has 0 aliphatic rings. The van der Waals surface area contributed by atoms with Crippen molar-refractivity contribution in [2.75, 3.05) is 0 Å². The van der Waals surface area contributed by atoms with Crippen LogP contribution in [0.5, 0.6) is 0 Å². The summed E-state index contributed by atoms with van der Waals surface area (Å²) in [4.78, 5) is 0. The standard InChI is InChI=1S/C12H25O6S2.Na.H/c1-3-5-6-8-12(20(16,17)18)10-9-11(7-4-2)19(13,14)15;;/h11-12H,2-10H2,1H3,(H,13,14,15)(H,16,17,18);;. The summed E-state index contributed by atoms with van der Waals surface area (Å²) in [7, 11) is -8.40. The summed E-state index contributed by atoms with van der Waals surface area (Å²) >= 11 is 0. The van der Waals surface area contributed by atoms with Crippen molar-refractivity contribution in [3.8, 4) is 0 Å². The zero-order valence-corrected chi connectivity index (χ0v) is 13.5. The normalized spacial score (nSPS) is 15.2. The first-order chi connectivity index (χ1) is 9.12. The second kappa shape index (κ2) is 11.4. The first-order valence-electron chi connectivity index (χ1n) is 6.84. The van der Waals surface area contributed by atoms with Gasteiger partial charge in [-0.2, -0.15) is 16.8 Å². The van der Waals surface area contributed by atoms with Crippen LogP contribution in [0, 0.1) is 6.92 Å². The van der Waals surface area contributed by atoms with Crippen molar-refractivity contribution in [1.29, 1.82) is 0 Å². The van der Waals surface area contributed by atoms with Crippen LogP contribution >= 0.6 is 0 Å². The fourth-order valence-electron chi connectivity index (χ4n) is 2.11. The molecule has 0 heterocycles. The van der Waals surface area contributed by atoms with Gasteiger partial charge in [0.25, 0.3) is 20.2 Å². The molecule has 0 aromatic heterocycles. The Bertz CT molecular complexity index is 460. The molecule has 0 aromatic rings. The molecule has 0 aromatic carbocycles. The average molecular weight is 353 g/mol. The third kappa shape index (κ3) is 11.1. The molecular weight excluding hydrogens is 327 g/mol. The van der Waals surface area contributed by atoms with Crippen LogP contribution in [0.4, 0.5) is 0 Å². The van der Waals surface area contributed by atoms with Crippen LogP contribution in [-0.4, -0.2) is 66.0 Å². The van der Waals surface area contributed by atoms with Gasteiger partial charge < -0.3 is 0 Å². The zero-order valence-electron chi connectivity index (χ0n) is 11.9. The third-order valence-corrected chi connectivity index (χ3v) is 5.94. The molecule has 6 nitrogen and oxygen atoms in total. The van der Waals surface area contributed by atoms with Crippen LogP contribution in [0.2, 0.25) is 0 Å². The Balaban J connectivity index is 0. The molecule has 0 amide bonds. The van der Waals surface area contributed by atoms with E-state index < -0.39 is 30.7 Å². The van der Waals surface area contributed by atoms with Gasteiger partial charge >= 0.3 is 29.6 Å². The second-order valence-electron chi connectivity index (χ2n) is 4.99. The van der Waals surface area contributed by atoms with E-state index in [4.69, 9.17) is 4.55 Å². The van der Waals surface area contributed by atoms with Crippen molar-refractivity contribution in [3.63, 3.8) is 0 Å². The van der Waals surface area contributed by atoms with E-state index in [1.807, 2.05) is 6.92 Å². The van der Waals surface area contributed by atoms with Gasteiger partial charge in [-0.3, -0.25) is 9.11 Å². The van der Waals surface area contributed by atoms with E-state index in [9.17, 15) is 21.4 Å². The van der Waals surface area contributed by atoms with E-state index in [-0.39, 0.29) is 48.8 Å². The molecule has 0 bridgehead atoms. The number of unbranched alkanes of at least 4 members (excludes halogenated alkanes) is 2. The minimum absolute atomic E-state index is 0. The maximum absolute atomic E-state index is 11.3. The van der Waals surface area contributed by atoms with Crippen LogP contribution in [0.25, 0.3) is 0 Å². The van der Waals surface area contributed by atoms with Gasteiger partial charge in [0.2, 0.25) is 0 Å². The van der Waals surface area contributed by atoms with E-state index in [2.05, 4.69) is 6.92 Å². The molecule has 0 rings (SSSR count).